The maximum atomic E-state index is 11.9. The number of aryl methyl sites for hydroxylation is 1. The molecule has 2 rings (SSSR count). The number of esters is 1. The van der Waals surface area contributed by atoms with Crippen molar-refractivity contribution in [2.75, 3.05) is 0 Å². The normalized spacial score (nSPS) is 10.6. The van der Waals surface area contributed by atoms with Crippen LogP contribution in [0.4, 0.5) is 5.69 Å². The second-order valence-corrected chi connectivity index (χ2v) is 5.66. The van der Waals surface area contributed by atoms with Crippen LogP contribution in [0.5, 0.6) is 0 Å². The Labute approximate surface area is 141 Å². The molecule has 0 radical (unpaired) electrons. The summed E-state index contributed by atoms with van der Waals surface area (Å²) in [5.74, 6) is -0.559. The first-order valence-electron chi connectivity index (χ1n) is 6.57. The van der Waals surface area contributed by atoms with Crippen LogP contribution in [0.1, 0.15) is 17.0 Å². The van der Waals surface area contributed by atoms with Crippen LogP contribution < -0.4 is 0 Å². The largest absolute Gasteiger partial charge is 0.459 e. The fourth-order valence-corrected chi connectivity index (χ4v) is 2.39. The van der Waals surface area contributed by atoms with Crippen LogP contribution in [0.3, 0.4) is 0 Å². The molecule has 1 heterocycles. The van der Waals surface area contributed by atoms with Crippen molar-refractivity contribution in [1.29, 1.82) is 0 Å². The van der Waals surface area contributed by atoms with Gasteiger partial charge in [-0.1, -0.05) is 29.3 Å². The number of carbonyl (C=O) groups is 1. The minimum absolute atomic E-state index is 0.0249. The van der Waals surface area contributed by atoms with E-state index in [0.29, 0.717) is 21.3 Å². The van der Waals surface area contributed by atoms with E-state index in [9.17, 15) is 14.9 Å². The van der Waals surface area contributed by atoms with E-state index in [4.69, 9.17) is 27.9 Å². The zero-order valence-electron chi connectivity index (χ0n) is 12.4. The molecule has 0 fully saturated rings. The Hall–Kier alpha value is -2.12. The SMILES string of the molecule is Cc1nn(CC(=O)OCc2ccc(Cl)c(Cl)c2)c(C)c1[N+](=O)[O-]. The number of carbonyl (C=O) groups excluding carboxylic acids is 1. The molecule has 7 nitrogen and oxygen atoms in total. The molecule has 0 amide bonds. The van der Waals surface area contributed by atoms with E-state index in [-0.39, 0.29) is 24.5 Å². The van der Waals surface area contributed by atoms with Crippen LogP contribution in [-0.4, -0.2) is 20.7 Å². The van der Waals surface area contributed by atoms with Gasteiger partial charge in [0.05, 0.1) is 15.0 Å². The molecule has 122 valence electrons. The Morgan fingerprint density at radius 2 is 2.04 bits per heavy atom. The summed E-state index contributed by atoms with van der Waals surface area (Å²) in [5.41, 5.74) is 1.15. The molecule has 23 heavy (non-hydrogen) atoms. The number of rotatable bonds is 5. The molecule has 1 aromatic heterocycles. The number of ether oxygens (including phenoxy) is 1. The Balaban J connectivity index is 2.01. The molecule has 0 spiro atoms. The van der Waals surface area contributed by atoms with E-state index in [0.717, 1.165) is 0 Å². The summed E-state index contributed by atoms with van der Waals surface area (Å²) >= 11 is 11.7. The quantitative estimate of drug-likeness (QED) is 0.464. The molecule has 0 aliphatic carbocycles. The van der Waals surface area contributed by atoms with Crippen molar-refractivity contribution in [1.82, 2.24) is 9.78 Å². The van der Waals surface area contributed by atoms with Gasteiger partial charge in [-0.2, -0.15) is 5.10 Å². The lowest BCUT2D eigenvalue weighted by Gasteiger charge is -2.07. The van der Waals surface area contributed by atoms with Gasteiger partial charge < -0.3 is 4.74 Å². The number of nitro groups is 1. The smallest absolute Gasteiger partial charge is 0.328 e. The summed E-state index contributed by atoms with van der Waals surface area (Å²) < 4.78 is 6.37. The fraction of sp³-hybridized carbons (Fsp3) is 0.286. The molecule has 9 heteroatoms. The minimum Gasteiger partial charge on any atom is -0.459 e. The van der Waals surface area contributed by atoms with Crippen LogP contribution in [-0.2, 0) is 22.7 Å². The minimum atomic E-state index is -0.559. The van der Waals surface area contributed by atoms with E-state index in [1.807, 2.05) is 0 Å². The average molecular weight is 358 g/mol. The number of nitrogens with zero attached hydrogens (tertiary/aromatic N) is 3. The summed E-state index contributed by atoms with van der Waals surface area (Å²) in [7, 11) is 0. The molecule has 0 bridgehead atoms. The van der Waals surface area contributed by atoms with Gasteiger partial charge in [0.1, 0.15) is 24.5 Å². The highest BCUT2D eigenvalue weighted by Crippen LogP contribution is 2.23. The fourth-order valence-electron chi connectivity index (χ4n) is 2.07. The maximum absolute atomic E-state index is 11.9. The van der Waals surface area contributed by atoms with Gasteiger partial charge in [-0.15, -0.1) is 0 Å². The Bertz CT molecular complexity index is 774. The van der Waals surface area contributed by atoms with Crippen molar-refractivity contribution in [3.63, 3.8) is 0 Å². The number of benzene rings is 1. The van der Waals surface area contributed by atoms with E-state index in [1.165, 1.54) is 18.5 Å². The van der Waals surface area contributed by atoms with Crippen molar-refractivity contribution < 1.29 is 14.5 Å². The van der Waals surface area contributed by atoms with Gasteiger partial charge >= 0.3 is 11.7 Å². The van der Waals surface area contributed by atoms with E-state index >= 15 is 0 Å². The van der Waals surface area contributed by atoms with Crippen LogP contribution in [0, 0.1) is 24.0 Å². The van der Waals surface area contributed by atoms with Crippen LogP contribution in [0.15, 0.2) is 18.2 Å². The molecule has 0 saturated carbocycles. The van der Waals surface area contributed by atoms with Crippen molar-refractivity contribution in [3.8, 4) is 0 Å². The van der Waals surface area contributed by atoms with Gasteiger partial charge in [-0.3, -0.25) is 19.6 Å². The molecular formula is C14H13Cl2N3O4. The molecule has 0 N–H and O–H groups in total. The van der Waals surface area contributed by atoms with Crippen LogP contribution in [0.25, 0.3) is 0 Å². The Kier molecular flexibility index (Phi) is 5.23. The first kappa shape index (κ1) is 17.2. The van der Waals surface area contributed by atoms with E-state index < -0.39 is 10.9 Å². The molecule has 0 aliphatic rings. The van der Waals surface area contributed by atoms with Gasteiger partial charge in [-0.05, 0) is 31.5 Å². The third-order valence-electron chi connectivity index (χ3n) is 3.19. The summed E-state index contributed by atoms with van der Waals surface area (Å²) in [6.45, 7) is 2.87. The predicted molar refractivity (Wildman–Crippen MR) is 84.6 cm³/mol. The first-order valence-corrected chi connectivity index (χ1v) is 7.33. The predicted octanol–water partition coefficient (Wildman–Crippen LogP) is 3.46. The second kappa shape index (κ2) is 6.97. The Morgan fingerprint density at radius 3 is 2.61 bits per heavy atom. The molecule has 0 aliphatic heterocycles. The molecular weight excluding hydrogens is 345 g/mol. The van der Waals surface area contributed by atoms with Gasteiger partial charge in [0.25, 0.3) is 0 Å². The zero-order chi connectivity index (χ0) is 17.1. The first-order chi connectivity index (χ1) is 10.8. The third kappa shape index (κ3) is 4.00. The number of halogens is 2. The standard InChI is InChI=1S/C14H13Cl2N3O4/c1-8-14(19(21)22)9(2)18(17-8)6-13(20)23-7-10-3-4-11(15)12(16)5-10/h3-5H,6-7H2,1-2H3. The summed E-state index contributed by atoms with van der Waals surface area (Å²) in [6, 6.07) is 4.90. The number of aromatic nitrogens is 2. The lowest BCUT2D eigenvalue weighted by Crippen LogP contribution is -2.15. The highest BCUT2D eigenvalue weighted by Gasteiger charge is 2.23. The molecule has 1 aromatic carbocycles. The topological polar surface area (TPSA) is 87.3 Å². The van der Waals surface area contributed by atoms with Crippen molar-refractivity contribution >= 4 is 34.9 Å². The lowest BCUT2D eigenvalue weighted by atomic mass is 10.2. The molecule has 0 unspecified atom stereocenters. The van der Waals surface area contributed by atoms with E-state index in [1.54, 1.807) is 18.2 Å². The van der Waals surface area contributed by atoms with Gasteiger partial charge in [0, 0.05) is 0 Å². The van der Waals surface area contributed by atoms with Crippen molar-refractivity contribution in [3.05, 3.63) is 55.3 Å². The molecule has 2 aromatic rings. The average Bonchev–Trinajstić information content (AvgIpc) is 2.74. The maximum Gasteiger partial charge on any atom is 0.328 e. The monoisotopic (exact) mass is 357 g/mol. The number of hydrogen-bond donors (Lipinski definition) is 0. The van der Waals surface area contributed by atoms with E-state index in [2.05, 4.69) is 5.10 Å². The lowest BCUT2D eigenvalue weighted by molar-refractivity contribution is -0.386. The summed E-state index contributed by atoms with van der Waals surface area (Å²) in [4.78, 5) is 22.3. The summed E-state index contributed by atoms with van der Waals surface area (Å²) in [6.07, 6.45) is 0. The van der Waals surface area contributed by atoms with Gasteiger partial charge in [-0.25, -0.2) is 0 Å². The van der Waals surface area contributed by atoms with Gasteiger partial charge in [0.2, 0.25) is 0 Å². The third-order valence-corrected chi connectivity index (χ3v) is 3.93. The summed E-state index contributed by atoms with van der Waals surface area (Å²) in [5, 5.41) is 15.7. The second-order valence-electron chi connectivity index (χ2n) is 4.84. The van der Waals surface area contributed by atoms with Crippen molar-refractivity contribution in [2.45, 2.75) is 27.0 Å². The molecule has 0 atom stereocenters. The Morgan fingerprint density at radius 1 is 1.35 bits per heavy atom. The molecule has 0 saturated heterocycles. The zero-order valence-corrected chi connectivity index (χ0v) is 13.9. The highest BCUT2D eigenvalue weighted by molar-refractivity contribution is 6.42. The number of hydrogen-bond acceptors (Lipinski definition) is 5. The highest BCUT2D eigenvalue weighted by atomic mass is 35.5. The van der Waals surface area contributed by atoms with Gasteiger partial charge in [0.15, 0.2) is 0 Å². The van der Waals surface area contributed by atoms with Crippen LogP contribution >= 0.6 is 23.2 Å². The van der Waals surface area contributed by atoms with Crippen molar-refractivity contribution in [2.24, 2.45) is 0 Å². The van der Waals surface area contributed by atoms with Crippen LogP contribution in [0.2, 0.25) is 10.0 Å².